The van der Waals surface area contributed by atoms with Crippen LogP contribution in [0.1, 0.15) is 6.42 Å². The minimum atomic E-state index is -0.215. The van der Waals surface area contributed by atoms with E-state index < -0.39 is 0 Å². The van der Waals surface area contributed by atoms with E-state index in [1.165, 1.54) is 0 Å². The van der Waals surface area contributed by atoms with Gasteiger partial charge in [-0.25, -0.2) is 0 Å². The van der Waals surface area contributed by atoms with E-state index in [4.69, 9.17) is 9.84 Å². The molecule has 1 fully saturated rings. The molecule has 0 saturated carbocycles. The first-order chi connectivity index (χ1) is 3.83. The maximum absolute atomic E-state index is 8.89. The second kappa shape index (κ2) is 2.71. The molecule has 0 aromatic carbocycles. The van der Waals surface area contributed by atoms with Crippen molar-refractivity contribution in [2.24, 2.45) is 0 Å². The molecule has 0 radical (unpaired) electrons. The van der Waals surface area contributed by atoms with Gasteiger partial charge in [-0.05, 0) is 6.26 Å². The van der Waals surface area contributed by atoms with Crippen molar-refractivity contribution in [3.05, 3.63) is 0 Å². The van der Waals surface area contributed by atoms with Crippen LogP contribution in [-0.4, -0.2) is 29.5 Å². The Morgan fingerprint density at radius 3 is 2.75 bits per heavy atom. The van der Waals surface area contributed by atoms with Crippen LogP contribution >= 0.6 is 11.8 Å². The van der Waals surface area contributed by atoms with Gasteiger partial charge in [-0.2, -0.15) is 0 Å². The van der Waals surface area contributed by atoms with Gasteiger partial charge in [0.15, 0.2) is 0 Å². The molecule has 1 N–H and O–H groups in total. The van der Waals surface area contributed by atoms with Crippen LogP contribution in [0.5, 0.6) is 0 Å². The van der Waals surface area contributed by atoms with Crippen molar-refractivity contribution < 1.29 is 9.84 Å². The Morgan fingerprint density at radius 1 is 1.75 bits per heavy atom. The molecule has 1 heterocycles. The van der Waals surface area contributed by atoms with Crippen LogP contribution in [0.25, 0.3) is 0 Å². The molecular formula is C5H10O2S. The van der Waals surface area contributed by atoms with Crippen molar-refractivity contribution in [2.45, 2.75) is 18.0 Å². The van der Waals surface area contributed by atoms with Gasteiger partial charge in [-0.15, -0.1) is 11.8 Å². The lowest BCUT2D eigenvalue weighted by molar-refractivity contribution is 0.119. The Balaban J connectivity index is 2.22. The lowest BCUT2D eigenvalue weighted by Gasteiger charge is -2.00. The topological polar surface area (TPSA) is 29.5 Å². The van der Waals surface area contributed by atoms with Gasteiger partial charge in [-0.3, -0.25) is 0 Å². The minimum absolute atomic E-state index is 0.215. The molecule has 2 unspecified atom stereocenters. The summed E-state index contributed by atoms with van der Waals surface area (Å²) in [4.78, 5) is 0. The molecular weight excluding hydrogens is 124 g/mol. The second-order valence-corrected chi connectivity index (χ2v) is 2.89. The van der Waals surface area contributed by atoms with E-state index >= 15 is 0 Å². The van der Waals surface area contributed by atoms with Crippen LogP contribution < -0.4 is 0 Å². The van der Waals surface area contributed by atoms with Gasteiger partial charge < -0.3 is 9.84 Å². The summed E-state index contributed by atoms with van der Waals surface area (Å²) in [6, 6.07) is 0. The van der Waals surface area contributed by atoms with E-state index in [1.807, 2.05) is 6.26 Å². The summed E-state index contributed by atoms with van der Waals surface area (Å²) in [7, 11) is 0. The molecule has 3 heteroatoms. The molecule has 0 amide bonds. The van der Waals surface area contributed by atoms with Gasteiger partial charge >= 0.3 is 0 Å². The minimum Gasteiger partial charge on any atom is -0.391 e. The highest BCUT2D eigenvalue weighted by Gasteiger charge is 2.21. The van der Waals surface area contributed by atoms with E-state index in [0.717, 1.165) is 6.42 Å². The lowest BCUT2D eigenvalue weighted by atomic mass is 10.3. The third-order valence-corrected chi connectivity index (χ3v) is 2.06. The fourth-order valence-electron chi connectivity index (χ4n) is 0.741. The molecule has 1 aliphatic heterocycles. The molecule has 1 rings (SSSR count). The van der Waals surface area contributed by atoms with E-state index in [9.17, 15) is 0 Å². The van der Waals surface area contributed by atoms with Crippen LogP contribution in [0.15, 0.2) is 0 Å². The van der Waals surface area contributed by atoms with Crippen molar-refractivity contribution in [1.82, 2.24) is 0 Å². The van der Waals surface area contributed by atoms with Crippen molar-refractivity contribution in [2.75, 3.05) is 12.9 Å². The third-order valence-electron chi connectivity index (χ3n) is 1.20. The van der Waals surface area contributed by atoms with Crippen LogP contribution in [0, 0.1) is 0 Å². The summed E-state index contributed by atoms with van der Waals surface area (Å²) in [6.07, 6.45) is 2.57. The molecule has 0 bridgehead atoms. The number of rotatable bonds is 1. The highest BCUT2D eigenvalue weighted by molar-refractivity contribution is 7.99. The average molecular weight is 134 g/mol. The van der Waals surface area contributed by atoms with Gasteiger partial charge in [0.2, 0.25) is 0 Å². The Bertz CT molecular complexity index is 76.8. The highest BCUT2D eigenvalue weighted by atomic mass is 32.2. The van der Waals surface area contributed by atoms with E-state index in [-0.39, 0.29) is 11.5 Å². The van der Waals surface area contributed by atoms with E-state index in [2.05, 4.69) is 0 Å². The maximum Gasteiger partial charge on any atom is 0.105 e. The Kier molecular flexibility index (Phi) is 2.16. The van der Waals surface area contributed by atoms with Crippen LogP contribution in [0.4, 0.5) is 0 Å². The molecule has 0 aromatic heterocycles. The second-order valence-electron chi connectivity index (χ2n) is 1.89. The fourth-order valence-corrected chi connectivity index (χ4v) is 1.37. The summed E-state index contributed by atoms with van der Waals surface area (Å²) in [5.74, 6) is 0. The molecule has 8 heavy (non-hydrogen) atoms. The first-order valence-electron chi connectivity index (χ1n) is 2.65. The van der Waals surface area contributed by atoms with Crippen molar-refractivity contribution in [3.63, 3.8) is 0 Å². The number of aliphatic hydroxyl groups excluding tert-OH is 1. The van der Waals surface area contributed by atoms with Crippen molar-refractivity contribution in [3.8, 4) is 0 Å². The van der Waals surface area contributed by atoms with Crippen molar-refractivity contribution >= 4 is 11.8 Å². The number of hydrogen-bond donors (Lipinski definition) is 1. The SMILES string of the molecule is CSC1CC(O)CO1. The summed E-state index contributed by atoms with van der Waals surface area (Å²) >= 11 is 1.65. The Hall–Kier alpha value is 0.270. The third kappa shape index (κ3) is 1.37. The molecule has 2 nitrogen and oxygen atoms in total. The van der Waals surface area contributed by atoms with Gasteiger partial charge in [0.1, 0.15) is 5.44 Å². The number of ether oxygens (including phenoxy) is 1. The number of thioether (sulfide) groups is 1. The lowest BCUT2D eigenvalue weighted by Crippen LogP contribution is -2.03. The zero-order chi connectivity index (χ0) is 5.98. The van der Waals surface area contributed by atoms with Gasteiger partial charge in [-0.1, -0.05) is 0 Å². The van der Waals surface area contributed by atoms with Crippen molar-refractivity contribution in [1.29, 1.82) is 0 Å². The molecule has 1 saturated heterocycles. The highest BCUT2D eigenvalue weighted by Crippen LogP contribution is 2.20. The standard InChI is InChI=1S/C5H10O2S/c1-8-5-2-4(6)3-7-5/h4-6H,2-3H2,1H3. The van der Waals surface area contributed by atoms with E-state index in [0.29, 0.717) is 6.61 Å². The zero-order valence-corrected chi connectivity index (χ0v) is 5.65. The summed E-state index contributed by atoms with van der Waals surface area (Å²) < 4.78 is 5.13. The monoisotopic (exact) mass is 134 g/mol. The quantitative estimate of drug-likeness (QED) is 0.565. The summed E-state index contributed by atoms with van der Waals surface area (Å²) in [5, 5.41) is 8.89. The maximum atomic E-state index is 8.89. The Morgan fingerprint density at radius 2 is 2.50 bits per heavy atom. The molecule has 0 aliphatic carbocycles. The van der Waals surface area contributed by atoms with Crippen LogP contribution in [0.3, 0.4) is 0 Å². The number of hydrogen-bond acceptors (Lipinski definition) is 3. The average Bonchev–Trinajstić information content (AvgIpc) is 2.14. The van der Waals surface area contributed by atoms with Gasteiger partial charge in [0.05, 0.1) is 12.7 Å². The molecule has 0 aromatic rings. The van der Waals surface area contributed by atoms with Crippen LogP contribution in [0.2, 0.25) is 0 Å². The van der Waals surface area contributed by atoms with Gasteiger partial charge in [0, 0.05) is 6.42 Å². The summed E-state index contributed by atoms with van der Waals surface area (Å²) in [5.41, 5.74) is 0.241. The molecule has 0 spiro atoms. The smallest absolute Gasteiger partial charge is 0.105 e. The molecule has 48 valence electrons. The number of aliphatic hydroxyl groups is 1. The van der Waals surface area contributed by atoms with Gasteiger partial charge in [0.25, 0.3) is 0 Å². The predicted molar refractivity (Wildman–Crippen MR) is 33.9 cm³/mol. The fraction of sp³-hybridized carbons (Fsp3) is 1.00. The van der Waals surface area contributed by atoms with E-state index in [1.54, 1.807) is 11.8 Å². The largest absolute Gasteiger partial charge is 0.391 e. The first kappa shape index (κ1) is 6.39. The zero-order valence-electron chi connectivity index (χ0n) is 4.83. The molecule has 1 aliphatic rings. The normalized spacial score (nSPS) is 38.2. The van der Waals surface area contributed by atoms with Crippen LogP contribution in [-0.2, 0) is 4.74 Å². The Labute approximate surface area is 53.2 Å². The first-order valence-corrected chi connectivity index (χ1v) is 3.94. The molecule has 2 atom stereocenters. The predicted octanol–water partition coefficient (Wildman–Crippen LogP) is 0.457. The summed E-state index contributed by atoms with van der Waals surface area (Å²) in [6.45, 7) is 0.519.